The fourth-order valence-electron chi connectivity index (χ4n) is 1.40. The quantitative estimate of drug-likeness (QED) is 0.748. The van der Waals surface area contributed by atoms with Crippen LogP contribution in [0.5, 0.6) is 17.2 Å². The molecule has 0 aromatic heterocycles. The molecule has 82 valence electrons. The Labute approximate surface area is 93.2 Å². The lowest BCUT2D eigenvalue weighted by molar-refractivity contribution is 0.100. The van der Waals surface area contributed by atoms with Crippen LogP contribution >= 0.6 is 12.4 Å². The molecule has 0 bridgehead atoms. The van der Waals surface area contributed by atoms with Crippen molar-refractivity contribution in [2.24, 2.45) is 0 Å². The van der Waals surface area contributed by atoms with E-state index in [2.05, 4.69) is 0 Å². The summed E-state index contributed by atoms with van der Waals surface area (Å²) in [5.74, 6) is 0.518. The Hall–Kier alpha value is -1.42. The molecule has 1 N–H and O–H groups in total. The fourth-order valence-corrected chi connectivity index (χ4v) is 1.40. The molecular formula is C10H11ClO4. The highest BCUT2D eigenvalue weighted by Crippen LogP contribution is 2.41. The molecule has 0 saturated heterocycles. The molecule has 0 spiro atoms. The van der Waals surface area contributed by atoms with Crippen molar-refractivity contribution in [1.29, 1.82) is 0 Å². The summed E-state index contributed by atoms with van der Waals surface area (Å²) in [6.07, 6.45) is 0. The maximum atomic E-state index is 11.2. The lowest BCUT2D eigenvalue weighted by atomic mass is 10.1. The van der Waals surface area contributed by atoms with Crippen molar-refractivity contribution in [2.75, 3.05) is 13.2 Å². The number of ether oxygens (including phenoxy) is 2. The van der Waals surface area contributed by atoms with E-state index in [0.717, 1.165) is 0 Å². The Morgan fingerprint density at radius 2 is 1.87 bits per heavy atom. The molecule has 1 heterocycles. The number of ketones is 1. The molecule has 1 aliphatic heterocycles. The van der Waals surface area contributed by atoms with Crippen LogP contribution in [0.3, 0.4) is 0 Å². The van der Waals surface area contributed by atoms with Gasteiger partial charge < -0.3 is 14.6 Å². The SMILES string of the molecule is CC(=O)c1ccc(O)c2c1OCCO2.Cl. The topological polar surface area (TPSA) is 55.8 Å². The van der Waals surface area contributed by atoms with E-state index in [-0.39, 0.29) is 29.7 Å². The predicted molar refractivity (Wildman–Crippen MR) is 56.3 cm³/mol. The second-order valence-corrected chi connectivity index (χ2v) is 3.04. The average molecular weight is 231 g/mol. The smallest absolute Gasteiger partial charge is 0.204 e. The van der Waals surface area contributed by atoms with Crippen molar-refractivity contribution >= 4 is 18.2 Å². The number of rotatable bonds is 1. The van der Waals surface area contributed by atoms with Gasteiger partial charge in [0.05, 0.1) is 5.56 Å². The molecule has 2 rings (SSSR count). The van der Waals surface area contributed by atoms with Gasteiger partial charge in [-0.1, -0.05) is 0 Å². The number of carbonyl (C=O) groups is 1. The molecule has 0 unspecified atom stereocenters. The summed E-state index contributed by atoms with van der Waals surface area (Å²) in [7, 11) is 0. The summed E-state index contributed by atoms with van der Waals surface area (Å²) >= 11 is 0. The van der Waals surface area contributed by atoms with Crippen LogP contribution in [0, 0.1) is 0 Å². The Balaban J connectivity index is 0.00000112. The molecule has 0 amide bonds. The largest absolute Gasteiger partial charge is 0.504 e. The zero-order valence-electron chi connectivity index (χ0n) is 8.15. The van der Waals surface area contributed by atoms with Gasteiger partial charge in [-0.2, -0.15) is 0 Å². The van der Waals surface area contributed by atoms with E-state index < -0.39 is 0 Å². The van der Waals surface area contributed by atoms with Gasteiger partial charge in [0.25, 0.3) is 0 Å². The molecule has 0 radical (unpaired) electrons. The van der Waals surface area contributed by atoms with Crippen molar-refractivity contribution in [3.05, 3.63) is 17.7 Å². The first kappa shape index (κ1) is 11.7. The highest BCUT2D eigenvalue weighted by atomic mass is 35.5. The average Bonchev–Trinajstić information content (AvgIpc) is 2.18. The van der Waals surface area contributed by atoms with Gasteiger partial charge in [-0.15, -0.1) is 12.4 Å². The number of hydrogen-bond acceptors (Lipinski definition) is 4. The number of aromatic hydroxyl groups is 1. The minimum atomic E-state index is -0.105. The number of phenolic OH excluding ortho intramolecular Hbond substituents is 1. The van der Waals surface area contributed by atoms with E-state index in [1.807, 2.05) is 0 Å². The van der Waals surface area contributed by atoms with Crippen LogP contribution in [-0.4, -0.2) is 24.1 Å². The highest BCUT2D eigenvalue weighted by molar-refractivity contribution is 5.98. The molecule has 0 aliphatic carbocycles. The molecule has 4 nitrogen and oxygen atoms in total. The lowest BCUT2D eigenvalue weighted by Crippen LogP contribution is -2.17. The van der Waals surface area contributed by atoms with Crippen molar-refractivity contribution in [3.63, 3.8) is 0 Å². The lowest BCUT2D eigenvalue weighted by Gasteiger charge is -2.20. The van der Waals surface area contributed by atoms with Gasteiger partial charge in [0.2, 0.25) is 5.75 Å². The van der Waals surface area contributed by atoms with Gasteiger partial charge in [-0.05, 0) is 19.1 Å². The molecule has 0 atom stereocenters. The first-order chi connectivity index (χ1) is 6.70. The van der Waals surface area contributed by atoms with Crippen LogP contribution < -0.4 is 9.47 Å². The zero-order chi connectivity index (χ0) is 10.1. The van der Waals surface area contributed by atoms with Crippen LogP contribution in [0.4, 0.5) is 0 Å². The molecule has 0 saturated carbocycles. The van der Waals surface area contributed by atoms with Gasteiger partial charge in [0.15, 0.2) is 17.3 Å². The first-order valence-electron chi connectivity index (χ1n) is 4.32. The molecule has 1 aromatic carbocycles. The summed E-state index contributed by atoms with van der Waals surface area (Å²) in [6, 6.07) is 2.97. The number of phenols is 1. The predicted octanol–water partition coefficient (Wildman–Crippen LogP) is 1.79. The Kier molecular flexibility index (Phi) is 3.42. The number of carbonyl (C=O) groups excluding carboxylic acids is 1. The molecule has 1 aliphatic rings. The Bertz CT molecular complexity index is 389. The number of fused-ring (bicyclic) bond motifs is 1. The summed E-state index contributed by atoms with van der Waals surface area (Å²) in [5.41, 5.74) is 0.442. The van der Waals surface area contributed by atoms with Gasteiger partial charge >= 0.3 is 0 Å². The molecule has 1 aromatic rings. The van der Waals surface area contributed by atoms with E-state index in [9.17, 15) is 9.90 Å². The third-order valence-corrected chi connectivity index (χ3v) is 2.05. The van der Waals surface area contributed by atoms with E-state index in [1.165, 1.54) is 19.1 Å². The number of benzene rings is 1. The number of hydrogen-bond donors (Lipinski definition) is 1. The Morgan fingerprint density at radius 3 is 2.47 bits per heavy atom. The van der Waals surface area contributed by atoms with Crippen LogP contribution in [0.25, 0.3) is 0 Å². The Morgan fingerprint density at radius 1 is 1.27 bits per heavy atom. The maximum Gasteiger partial charge on any atom is 0.204 e. The maximum absolute atomic E-state index is 11.2. The minimum Gasteiger partial charge on any atom is -0.504 e. The van der Waals surface area contributed by atoms with E-state index in [1.54, 1.807) is 0 Å². The third kappa shape index (κ3) is 1.99. The summed E-state index contributed by atoms with van der Waals surface area (Å²) in [6.45, 7) is 2.24. The highest BCUT2D eigenvalue weighted by Gasteiger charge is 2.21. The molecular weight excluding hydrogens is 220 g/mol. The first-order valence-corrected chi connectivity index (χ1v) is 4.32. The monoisotopic (exact) mass is 230 g/mol. The summed E-state index contributed by atoms with van der Waals surface area (Å²) < 4.78 is 10.5. The van der Waals surface area contributed by atoms with E-state index in [0.29, 0.717) is 24.5 Å². The van der Waals surface area contributed by atoms with Crippen molar-refractivity contribution in [1.82, 2.24) is 0 Å². The molecule has 0 fully saturated rings. The van der Waals surface area contributed by atoms with Crippen molar-refractivity contribution in [3.8, 4) is 17.2 Å². The standard InChI is InChI=1S/C10H10O4.ClH/c1-6(11)7-2-3-8(12)10-9(7)13-4-5-14-10;/h2-3,12H,4-5H2,1H3;1H. The molecule has 5 heteroatoms. The van der Waals surface area contributed by atoms with Crippen LogP contribution in [-0.2, 0) is 0 Å². The van der Waals surface area contributed by atoms with Gasteiger partial charge in [-0.25, -0.2) is 0 Å². The fraction of sp³-hybridized carbons (Fsp3) is 0.300. The zero-order valence-corrected chi connectivity index (χ0v) is 8.97. The van der Waals surface area contributed by atoms with Crippen LogP contribution in [0.15, 0.2) is 12.1 Å². The third-order valence-electron chi connectivity index (χ3n) is 2.05. The summed E-state index contributed by atoms with van der Waals surface area (Å²) in [5, 5.41) is 9.45. The normalized spacial score (nSPS) is 12.9. The minimum absolute atomic E-state index is 0. The summed E-state index contributed by atoms with van der Waals surface area (Å²) in [4.78, 5) is 11.2. The van der Waals surface area contributed by atoms with E-state index >= 15 is 0 Å². The van der Waals surface area contributed by atoms with Crippen molar-refractivity contribution < 1.29 is 19.4 Å². The van der Waals surface area contributed by atoms with Gasteiger partial charge in [0, 0.05) is 0 Å². The number of Topliss-reactive ketones (excluding diaryl/α,β-unsaturated/α-hetero) is 1. The van der Waals surface area contributed by atoms with E-state index in [4.69, 9.17) is 9.47 Å². The molecule has 15 heavy (non-hydrogen) atoms. The number of halogens is 1. The van der Waals surface area contributed by atoms with Crippen LogP contribution in [0.2, 0.25) is 0 Å². The van der Waals surface area contributed by atoms with Crippen molar-refractivity contribution in [2.45, 2.75) is 6.92 Å². The van der Waals surface area contributed by atoms with Crippen LogP contribution in [0.1, 0.15) is 17.3 Å². The second kappa shape index (κ2) is 4.40. The van der Waals surface area contributed by atoms with Gasteiger partial charge in [0.1, 0.15) is 13.2 Å². The van der Waals surface area contributed by atoms with Gasteiger partial charge in [-0.3, -0.25) is 4.79 Å². The second-order valence-electron chi connectivity index (χ2n) is 3.04.